The second kappa shape index (κ2) is 4.66. The zero-order valence-electron chi connectivity index (χ0n) is 7.23. The van der Waals surface area contributed by atoms with Gasteiger partial charge in [-0.3, -0.25) is 0 Å². The van der Waals surface area contributed by atoms with Gasteiger partial charge in [0, 0.05) is 13.7 Å². The van der Waals surface area contributed by atoms with E-state index in [4.69, 9.17) is 4.74 Å². The summed E-state index contributed by atoms with van der Waals surface area (Å²) in [4.78, 5) is 4.68. The van der Waals surface area contributed by atoms with Crippen LogP contribution in [0, 0.1) is 0 Å². The molecule has 0 unspecified atom stereocenters. The first-order valence-corrected chi connectivity index (χ1v) is 3.43. The molecule has 0 radical (unpaired) electrons. The van der Waals surface area contributed by atoms with E-state index < -0.39 is 0 Å². The Kier molecular flexibility index (Phi) is 4.60. The van der Waals surface area contributed by atoms with Gasteiger partial charge in [-0.25, -0.2) is 5.48 Å². The molecule has 0 heterocycles. The first-order chi connectivity index (χ1) is 4.62. The quantitative estimate of drug-likeness (QED) is 0.464. The molecule has 0 atom stereocenters. The lowest BCUT2D eigenvalue weighted by Gasteiger charge is -2.22. The van der Waals surface area contributed by atoms with Crippen molar-refractivity contribution in [2.75, 3.05) is 20.8 Å². The maximum absolute atomic E-state index is 5.19. The van der Waals surface area contributed by atoms with Gasteiger partial charge in [0.2, 0.25) is 0 Å². The summed E-state index contributed by atoms with van der Waals surface area (Å²) in [5.74, 6) is 0. The number of ether oxygens (including phenoxy) is 1. The lowest BCUT2D eigenvalue weighted by Crippen LogP contribution is -2.28. The van der Waals surface area contributed by atoms with Crippen LogP contribution in [-0.2, 0) is 9.57 Å². The van der Waals surface area contributed by atoms with Crippen molar-refractivity contribution in [1.82, 2.24) is 5.48 Å². The van der Waals surface area contributed by atoms with Crippen molar-refractivity contribution in [2.45, 2.75) is 25.9 Å². The van der Waals surface area contributed by atoms with Gasteiger partial charge in [0.25, 0.3) is 0 Å². The Hall–Kier alpha value is -0.120. The van der Waals surface area contributed by atoms with E-state index in [1.165, 1.54) is 0 Å². The maximum atomic E-state index is 5.19. The van der Waals surface area contributed by atoms with Crippen molar-refractivity contribution in [3.05, 3.63) is 0 Å². The summed E-state index contributed by atoms with van der Waals surface area (Å²) in [7, 11) is 3.33. The first kappa shape index (κ1) is 9.88. The fourth-order valence-electron chi connectivity index (χ4n) is 0.556. The summed E-state index contributed by atoms with van der Waals surface area (Å²) in [6, 6.07) is 0. The molecule has 0 saturated heterocycles. The van der Waals surface area contributed by atoms with Gasteiger partial charge in [-0.2, -0.15) is 0 Å². The highest BCUT2D eigenvalue weighted by molar-refractivity contribution is 4.67. The van der Waals surface area contributed by atoms with Gasteiger partial charge in [0.15, 0.2) is 0 Å². The normalized spacial score (nSPS) is 12.0. The third-order valence-electron chi connectivity index (χ3n) is 1.53. The molecule has 0 fully saturated rings. The summed E-state index contributed by atoms with van der Waals surface area (Å²) in [5.41, 5.74) is 2.71. The van der Waals surface area contributed by atoms with Crippen LogP contribution in [0.5, 0.6) is 0 Å². The third-order valence-corrected chi connectivity index (χ3v) is 1.53. The lowest BCUT2D eigenvalue weighted by atomic mass is 10.1. The monoisotopic (exact) mass is 147 g/mol. The van der Waals surface area contributed by atoms with Gasteiger partial charge in [-0.05, 0) is 20.3 Å². The SMILES string of the molecule is CONCCC(C)(C)OC. The Morgan fingerprint density at radius 1 is 1.30 bits per heavy atom. The van der Waals surface area contributed by atoms with Crippen molar-refractivity contribution in [3.8, 4) is 0 Å². The van der Waals surface area contributed by atoms with E-state index in [9.17, 15) is 0 Å². The largest absolute Gasteiger partial charge is 0.379 e. The van der Waals surface area contributed by atoms with Gasteiger partial charge < -0.3 is 9.57 Å². The van der Waals surface area contributed by atoms with Crippen LogP contribution in [0.25, 0.3) is 0 Å². The molecule has 0 amide bonds. The zero-order chi connectivity index (χ0) is 8.04. The van der Waals surface area contributed by atoms with Gasteiger partial charge in [-0.15, -0.1) is 0 Å². The predicted octanol–water partition coefficient (Wildman–Crippen LogP) is 0.952. The molecule has 0 aliphatic carbocycles. The van der Waals surface area contributed by atoms with Crippen molar-refractivity contribution >= 4 is 0 Å². The highest BCUT2D eigenvalue weighted by atomic mass is 16.6. The third kappa shape index (κ3) is 4.73. The Morgan fingerprint density at radius 2 is 1.90 bits per heavy atom. The Balaban J connectivity index is 3.28. The number of hydrogen-bond donors (Lipinski definition) is 1. The molecule has 62 valence electrons. The number of hydrogen-bond acceptors (Lipinski definition) is 3. The lowest BCUT2D eigenvalue weighted by molar-refractivity contribution is 0.000945. The van der Waals surface area contributed by atoms with E-state index in [2.05, 4.69) is 10.3 Å². The van der Waals surface area contributed by atoms with Crippen molar-refractivity contribution in [1.29, 1.82) is 0 Å². The molecule has 3 heteroatoms. The van der Waals surface area contributed by atoms with E-state index in [1.807, 2.05) is 13.8 Å². The summed E-state index contributed by atoms with van der Waals surface area (Å²) in [6.45, 7) is 4.91. The minimum atomic E-state index is -0.0501. The van der Waals surface area contributed by atoms with Crippen LogP contribution in [0.1, 0.15) is 20.3 Å². The highest BCUT2D eigenvalue weighted by Crippen LogP contribution is 2.10. The van der Waals surface area contributed by atoms with Crippen LogP contribution in [0.3, 0.4) is 0 Å². The average Bonchev–Trinajstić information content (AvgIpc) is 1.89. The number of methoxy groups -OCH3 is 1. The predicted molar refractivity (Wildman–Crippen MR) is 40.7 cm³/mol. The molecule has 0 aromatic carbocycles. The molecular weight excluding hydrogens is 130 g/mol. The van der Waals surface area contributed by atoms with Crippen LogP contribution >= 0.6 is 0 Å². The molecule has 0 aliphatic rings. The molecule has 0 aliphatic heterocycles. The molecule has 10 heavy (non-hydrogen) atoms. The fourth-order valence-corrected chi connectivity index (χ4v) is 0.556. The van der Waals surface area contributed by atoms with E-state index >= 15 is 0 Å². The van der Waals surface area contributed by atoms with E-state index in [1.54, 1.807) is 14.2 Å². The smallest absolute Gasteiger partial charge is 0.0635 e. The van der Waals surface area contributed by atoms with Gasteiger partial charge >= 0.3 is 0 Å². The van der Waals surface area contributed by atoms with E-state index in [-0.39, 0.29) is 5.60 Å². The van der Waals surface area contributed by atoms with Gasteiger partial charge in [-0.1, -0.05) is 0 Å². The van der Waals surface area contributed by atoms with Gasteiger partial charge in [0.05, 0.1) is 12.7 Å². The highest BCUT2D eigenvalue weighted by Gasteiger charge is 2.14. The van der Waals surface area contributed by atoms with Crippen molar-refractivity contribution in [3.63, 3.8) is 0 Å². The number of rotatable bonds is 5. The number of hydroxylamine groups is 1. The standard InChI is InChI=1S/C7H17NO2/c1-7(2,9-3)5-6-8-10-4/h8H,5-6H2,1-4H3. The maximum Gasteiger partial charge on any atom is 0.0635 e. The van der Waals surface area contributed by atoms with Crippen LogP contribution in [0.4, 0.5) is 0 Å². The topological polar surface area (TPSA) is 30.5 Å². The summed E-state index contributed by atoms with van der Waals surface area (Å²) >= 11 is 0. The number of nitrogens with one attached hydrogen (secondary N) is 1. The van der Waals surface area contributed by atoms with Crippen molar-refractivity contribution in [2.24, 2.45) is 0 Å². The van der Waals surface area contributed by atoms with Crippen LogP contribution in [0.2, 0.25) is 0 Å². The van der Waals surface area contributed by atoms with E-state index in [0.717, 1.165) is 13.0 Å². The second-order valence-electron chi connectivity index (χ2n) is 2.81. The fraction of sp³-hybridized carbons (Fsp3) is 1.00. The summed E-state index contributed by atoms with van der Waals surface area (Å²) < 4.78 is 5.19. The summed E-state index contributed by atoms with van der Waals surface area (Å²) in [5, 5.41) is 0. The van der Waals surface area contributed by atoms with Crippen LogP contribution in [-0.4, -0.2) is 26.4 Å². The Morgan fingerprint density at radius 3 is 2.30 bits per heavy atom. The molecule has 3 nitrogen and oxygen atoms in total. The molecule has 0 aromatic rings. The van der Waals surface area contributed by atoms with Crippen molar-refractivity contribution < 1.29 is 9.57 Å². The minimum Gasteiger partial charge on any atom is -0.379 e. The van der Waals surface area contributed by atoms with Crippen LogP contribution < -0.4 is 5.48 Å². The molecule has 1 N–H and O–H groups in total. The minimum absolute atomic E-state index is 0.0501. The second-order valence-corrected chi connectivity index (χ2v) is 2.81. The Labute approximate surface area is 62.7 Å². The van der Waals surface area contributed by atoms with E-state index in [0.29, 0.717) is 0 Å². The molecule has 0 rings (SSSR count). The Bertz CT molecular complexity index is 83.7. The average molecular weight is 147 g/mol. The summed E-state index contributed by atoms with van der Waals surface area (Å²) in [6.07, 6.45) is 0.942. The molecule has 0 saturated carbocycles. The molecule has 0 aromatic heterocycles. The zero-order valence-corrected chi connectivity index (χ0v) is 7.23. The molecule has 0 bridgehead atoms. The van der Waals surface area contributed by atoms with Gasteiger partial charge in [0.1, 0.15) is 0 Å². The molecular formula is C7H17NO2. The first-order valence-electron chi connectivity index (χ1n) is 3.43. The molecule has 0 spiro atoms. The van der Waals surface area contributed by atoms with Crippen LogP contribution in [0.15, 0.2) is 0 Å².